The van der Waals surface area contributed by atoms with E-state index in [1.807, 2.05) is 0 Å². The van der Waals surface area contributed by atoms with E-state index in [0.717, 1.165) is 0 Å². The number of amides is 1. The molecule has 1 amide bonds. The van der Waals surface area contributed by atoms with E-state index in [4.69, 9.17) is 4.74 Å². The lowest BCUT2D eigenvalue weighted by Crippen LogP contribution is -2.16. The molecule has 0 aliphatic heterocycles. The highest BCUT2D eigenvalue weighted by Gasteiger charge is 2.20. The van der Waals surface area contributed by atoms with E-state index < -0.39 is 11.6 Å². The Morgan fingerprint density at radius 1 is 1.21 bits per heavy atom. The number of carbonyl (C=O) groups excluding carboxylic acids is 1. The average Bonchev–Trinajstić information content (AvgIpc) is 3.28. The van der Waals surface area contributed by atoms with Crippen molar-refractivity contribution in [1.29, 1.82) is 0 Å². The second kappa shape index (κ2) is 7.10. The number of aryl methyl sites for hydroxylation is 1. The topological polar surface area (TPSA) is 84.3 Å². The van der Waals surface area contributed by atoms with Crippen LogP contribution in [0, 0.1) is 18.6 Å². The van der Waals surface area contributed by atoms with E-state index >= 15 is 0 Å². The van der Waals surface area contributed by atoms with Crippen LogP contribution in [0.5, 0.6) is 5.75 Å². The number of nitrogens with one attached hydrogen (secondary N) is 2. The van der Waals surface area contributed by atoms with E-state index in [1.54, 1.807) is 35.7 Å². The maximum atomic E-state index is 13.8. The Morgan fingerprint density at radius 2 is 2.00 bits per heavy atom. The van der Waals surface area contributed by atoms with Crippen molar-refractivity contribution >= 4 is 17.4 Å². The van der Waals surface area contributed by atoms with E-state index in [-0.39, 0.29) is 18.1 Å². The summed E-state index contributed by atoms with van der Waals surface area (Å²) in [4.78, 5) is 17.0. The Morgan fingerprint density at radius 3 is 2.71 bits per heavy atom. The quantitative estimate of drug-likeness (QED) is 0.553. The molecule has 9 heteroatoms. The monoisotopic (exact) mass is 383 g/mol. The lowest BCUT2D eigenvalue weighted by molar-refractivity contribution is 0.102. The predicted octanol–water partition coefficient (Wildman–Crippen LogP) is 3.48. The molecule has 0 saturated heterocycles. The first kappa shape index (κ1) is 17.7. The summed E-state index contributed by atoms with van der Waals surface area (Å²) in [5.41, 5.74) is 0.980. The van der Waals surface area contributed by atoms with Crippen LogP contribution in [-0.4, -0.2) is 25.5 Å². The maximum absolute atomic E-state index is 13.8. The van der Waals surface area contributed by atoms with Crippen molar-refractivity contribution in [2.24, 2.45) is 0 Å². The first-order chi connectivity index (χ1) is 13.5. The predicted molar refractivity (Wildman–Crippen MR) is 97.2 cm³/mol. The zero-order valence-corrected chi connectivity index (χ0v) is 14.7. The molecule has 1 aromatic carbocycles. The lowest BCUT2D eigenvalue weighted by atomic mass is 10.2. The zero-order chi connectivity index (χ0) is 19.7. The van der Waals surface area contributed by atoms with Crippen LogP contribution in [0.3, 0.4) is 0 Å². The number of hydrogen-bond acceptors (Lipinski definition) is 4. The average molecular weight is 383 g/mol. The summed E-state index contributed by atoms with van der Waals surface area (Å²) in [6, 6.07) is 8.52. The molecule has 142 valence electrons. The summed E-state index contributed by atoms with van der Waals surface area (Å²) >= 11 is 0. The molecule has 0 saturated carbocycles. The number of ether oxygens (including phenoxy) is 1. The number of anilines is 1. The van der Waals surface area contributed by atoms with Gasteiger partial charge in [-0.3, -0.25) is 14.3 Å². The molecule has 0 atom stereocenters. The number of imidazole rings is 1. The van der Waals surface area contributed by atoms with E-state index in [2.05, 4.69) is 20.5 Å². The van der Waals surface area contributed by atoms with Gasteiger partial charge in [0.15, 0.2) is 11.4 Å². The van der Waals surface area contributed by atoms with Gasteiger partial charge in [0.05, 0.1) is 17.5 Å². The zero-order valence-electron chi connectivity index (χ0n) is 14.7. The van der Waals surface area contributed by atoms with Crippen molar-refractivity contribution in [2.45, 2.75) is 13.5 Å². The lowest BCUT2D eigenvalue weighted by Gasteiger charge is -2.09. The number of halogens is 2. The highest BCUT2D eigenvalue weighted by molar-refractivity contribution is 6.04. The molecule has 4 aromatic rings. The van der Waals surface area contributed by atoms with Crippen molar-refractivity contribution in [2.75, 3.05) is 5.32 Å². The smallest absolute Gasteiger partial charge is 0.275 e. The van der Waals surface area contributed by atoms with Crippen molar-refractivity contribution in [1.82, 2.24) is 19.6 Å². The molecule has 0 bridgehead atoms. The third-order valence-corrected chi connectivity index (χ3v) is 4.19. The summed E-state index contributed by atoms with van der Waals surface area (Å²) in [6.07, 6.45) is 3.18. The fraction of sp³-hybridized carbons (Fsp3) is 0.105. The van der Waals surface area contributed by atoms with Gasteiger partial charge in [0, 0.05) is 12.3 Å². The number of benzene rings is 1. The molecule has 3 heterocycles. The molecule has 2 N–H and O–H groups in total. The molecule has 3 aromatic heterocycles. The Bertz CT molecular complexity index is 1130. The highest BCUT2D eigenvalue weighted by atomic mass is 19.1. The number of carbonyl (C=O) groups is 1. The molecule has 0 fully saturated rings. The van der Waals surface area contributed by atoms with Gasteiger partial charge in [-0.25, -0.2) is 13.8 Å². The number of H-pyrrole nitrogens is 1. The van der Waals surface area contributed by atoms with Gasteiger partial charge in [0.2, 0.25) is 0 Å². The second-order valence-electron chi connectivity index (χ2n) is 6.03. The van der Waals surface area contributed by atoms with Crippen LogP contribution < -0.4 is 10.1 Å². The van der Waals surface area contributed by atoms with Crippen LogP contribution in [0.4, 0.5) is 14.6 Å². The van der Waals surface area contributed by atoms with Crippen molar-refractivity contribution < 1.29 is 18.3 Å². The molecular weight excluding hydrogens is 368 g/mol. The number of rotatable bonds is 5. The van der Waals surface area contributed by atoms with Crippen molar-refractivity contribution in [3.05, 3.63) is 77.4 Å². The standard InChI is InChI=1S/C19H15F2N5O2/c1-11-17(19(27)24-16-7-8-22-25-16)26-9-3-6-15(18(26)23-11)28-10-12-13(20)4-2-5-14(12)21/h2-9H,10H2,1H3,(H2,22,24,25,27). The summed E-state index contributed by atoms with van der Waals surface area (Å²) in [5, 5.41) is 9.12. The molecule has 28 heavy (non-hydrogen) atoms. The van der Waals surface area contributed by atoms with Gasteiger partial charge in [-0.05, 0) is 31.2 Å². The van der Waals surface area contributed by atoms with Gasteiger partial charge >= 0.3 is 0 Å². The van der Waals surface area contributed by atoms with Crippen LogP contribution in [-0.2, 0) is 6.61 Å². The van der Waals surface area contributed by atoms with Gasteiger partial charge in [-0.15, -0.1) is 0 Å². The third kappa shape index (κ3) is 3.18. The van der Waals surface area contributed by atoms with Gasteiger partial charge in [0.25, 0.3) is 5.91 Å². The van der Waals surface area contributed by atoms with Crippen molar-refractivity contribution in [3.8, 4) is 5.75 Å². The normalized spacial score (nSPS) is 11.0. The van der Waals surface area contributed by atoms with Crippen LogP contribution >= 0.6 is 0 Å². The Labute approximate surface area is 158 Å². The van der Waals surface area contributed by atoms with Crippen molar-refractivity contribution in [3.63, 3.8) is 0 Å². The molecule has 0 spiro atoms. The van der Waals surface area contributed by atoms with Gasteiger partial charge in [-0.2, -0.15) is 5.10 Å². The number of pyridine rings is 1. The molecule has 0 aliphatic carbocycles. The Kier molecular flexibility index (Phi) is 4.48. The van der Waals surface area contributed by atoms with Crippen LogP contribution in [0.25, 0.3) is 5.65 Å². The molecular formula is C19H15F2N5O2. The van der Waals surface area contributed by atoms with Crippen LogP contribution in [0.1, 0.15) is 21.7 Å². The molecule has 7 nitrogen and oxygen atoms in total. The van der Waals surface area contributed by atoms with Crippen LogP contribution in [0.15, 0.2) is 48.8 Å². The number of fused-ring (bicyclic) bond motifs is 1. The van der Waals surface area contributed by atoms with E-state index in [1.165, 1.54) is 24.4 Å². The molecule has 0 radical (unpaired) electrons. The number of nitrogens with zero attached hydrogens (tertiary/aromatic N) is 3. The maximum Gasteiger partial charge on any atom is 0.275 e. The second-order valence-corrected chi connectivity index (χ2v) is 6.03. The Hall–Kier alpha value is -3.75. The van der Waals surface area contributed by atoms with Gasteiger partial charge in [0.1, 0.15) is 29.8 Å². The van der Waals surface area contributed by atoms with Gasteiger partial charge in [-0.1, -0.05) is 6.07 Å². The van der Waals surface area contributed by atoms with E-state index in [9.17, 15) is 13.6 Å². The fourth-order valence-corrected chi connectivity index (χ4v) is 2.87. The first-order valence-electron chi connectivity index (χ1n) is 8.38. The first-order valence-corrected chi connectivity index (χ1v) is 8.38. The largest absolute Gasteiger partial charge is 0.485 e. The summed E-state index contributed by atoms with van der Waals surface area (Å²) in [6.45, 7) is 1.38. The number of aromatic amines is 1. The SMILES string of the molecule is Cc1nc2c(OCc3c(F)cccc3F)cccn2c1C(=O)Nc1ccn[nH]1. The van der Waals surface area contributed by atoms with Crippen LogP contribution in [0.2, 0.25) is 0 Å². The minimum Gasteiger partial charge on any atom is -0.485 e. The van der Waals surface area contributed by atoms with E-state index in [0.29, 0.717) is 28.6 Å². The van der Waals surface area contributed by atoms with Gasteiger partial charge < -0.3 is 10.1 Å². The number of hydrogen-bond donors (Lipinski definition) is 2. The molecule has 4 rings (SSSR count). The minimum absolute atomic E-state index is 0.176. The Balaban J connectivity index is 1.65. The molecule has 0 unspecified atom stereocenters. The number of aromatic nitrogens is 4. The summed E-state index contributed by atoms with van der Waals surface area (Å²) in [7, 11) is 0. The molecule has 0 aliphatic rings. The summed E-state index contributed by atoms with van der Waals surface area (Å²) in [5.74, 6) is -1.01. The summed E-state index contributed by atoms with van der Waals surface area (Å²) < 4.78 is 34.8. The fourth-order valence-electron chi connectivity index (χ4n) is 2.87. The highest BCUT2D eigenvalue weighted by Crippen LogP contribution is 2.24. The minimum atomic E-state index is -0.689. The third-order valence-electron chi connectivity index (χ3n) is 4.19.